The number of nitrogens with one attached hydrogen (secondary N) is 1. The van der Waals surface area contributed by atoms with E-state index in [1.807, 2.05) is 26.1 Å². The Balaban J connectivity index is 1.73. The highest BCUT2D eigenvalue weighted by Crippen LogP contribution is 2.28. The van der Waals surface area contributed by atoms with Crippen LogP contribution in [-0.4, -0.2) is 62.9 Å². The first-order valence-electron chi connectivity index (χ1n) is 9.69. The van der Waals surface area contributed by atoms with Crippen molar-refractivity contribution in [2.75, 3.05) is 38.5 Å². The first kappa shape index (κ1) is 22.6. The predicted molar refractivity (Wildman–Crippen MR) is 118 cm³/mol. The molecule has 0 aromatic heterocycles. The Morgan fingerprint density at radius 3 is 2.37 bits per heavy atom. The van der Waals surface area contributed by atoms with Gasteiger partial charge in [-0.15, -0.1) is 0 Å². The third kappa shape index (κ3) is 5.31. The number of likely N-dealkylation sites (N-methyl/N-ethyl adjacent to an activating group) is 1. The number of carbonyl (C=O) groups is 1. The molecule has 1 N–H and O–H groups in total. The molecule has 1 fully saturated rings. The van der Waals surface area contributed by atoms with Crippen LogP contribution in [0.2, 0.25) is 5.02 Å². The number of benzene rings is 2. The highest BCUT2D eigenvalue weighted by Gasteiger charge is 2.28. The van der Waals surface area contributed by atoms with Crippen LogP contribution in [0.1, 0.15) is 12.5 Å². The van der Waals surface area contributed by atoms with E-state index in [1.165, 1.54) is 22.5 Å². The van der Waals surface area contributed by atoms with Crippen molar-refractivity contribution in [3.8, 4) is 5.75 Å². The van der Waals surface area contributed by atoms with E-state index in [9.17, 15) is 13.2 Å². The third-order valence-corrected chi connectivity index (χ3v) is 7.22. The molecule has 1 saturated heterocycles. The summed E-state index contributed by atoms with van der Waals surface area (Å²) >= 11 is 6.21. The number of ether oxygens (including phenoxy) is 1. The average molecular weight is 452 g/mol. The van der Waals surface area contributed by atoms with Crippen molar-refractivity contribution in [1.29, 1.82) is 0 Å². The fraction of sp³-hybridized carbons (Fsp3) is 0.381. The lowest BCUT2D eigenvalue weighted by molar-refractivity contribution is -0.122. The second-order valence-corrected chi connectivity index (χ2v) is 9.76. The molecule has 1 aliphatic rings. The van der Waals surface area contributed by atoms with Crippen LogP contribution in [0.4, 0.5) is 5.69 Å². The topological polar surface area (TPSA) is 78.9 Å². The molecule has 30 heavy (non-hydrogen) atoms. The zero-order valence-corrected chi connectivity index (χ0v) is 18.8. The van der Waals surface area contributed by atoms with Gasteiger partial charge in [0.2, 0.25) is 10.0 Å². The van der Waals surface area contributed by atoms with Gasteiger partial charge in [-0.05, 0) is 51.2 Å². The minimum absolute atomic E-state index is 0.0962. The molecule has 0 aliphatic carbocycles. The van der Waals surface area contributed by atoms with Crippen molar-refractivity contribution in [2.24, 2.45) is 0 Å². The lowest BCUT2D eigenvalue weighted by atomic mass is 10.2. The van der Waals surface area contributed by atoms with E-state index in [1.54, 1.807) is 19.1 Å². The number of piperazine rings is 1. The van der Waals surface area contributed by atoms with Gasteiger partial charge in [-0.2, -0.15) is 4.31 Å². The molecule has 3 rings (SSSR count). The van der Waals surface area contributed by atoms with Gasteiger partial charge in [0.05, 0.1) is 15.6 Å². The Hall–Kier alpha value is -2.13. The zero-order valence-electron chi connectivity index (χ0n) is 17.3. The number of halogens is 1. The van der Waals surface area contributed by atoms with E-state index >= 15 is 0 Å². The molecule has 1 heterocycles. The second kappa shape index (κ2) is 9.34. The fourth-order valence-corrected chi connectivity index (χ4v) is 4.66. The molecule has 0 radical (unpaired) electrons. The van der Waals surface area contributed by atoms with E-state index in [0.717, 1.165) is 5.56 Å². The Labute approximate surface area is 182 Å². The number of carbonyl (C=O) groups excluding carboxylic acids is 1. The summed E-state index contributed by atoms with van der Waals surface area (Å²) in [5.74, 6) is 0.146. The monoisotopic (exact) mass is 451 g/mol. The summed E-state index contributed by atoms with van der Waals surface area (Å²) in [7, 11) is -1.71. The molecular weight excluding hydrogens is 426 g/mol. The number of amides is 1. The van der Waals surface area contributed by atoms with Crippen LogP contribution in [-0.2, 0) is 14.8 Å². The molecular formula is C21H26ClN3O4S. The van der Waals surface area contributed by atoms with Crippen LogP contribution in [0.3, 0.4) is 0 Å². The van der Waals surface area contributed by atoms with Gasteiger partial charge < -0.3 is 15.0 Å². The van der Waals surface area contributed by atoms with Crippen molar-refractivity contribution in [3.63, 3.8) is 0 Å². The molecule has 1 atom stereocenters. The third-order valence-electron chi connectivity index (χ3n) is 5.00. The number of sulfonamides is 1. The predicted octanol–water partition coefficient (Wildman–Crippen LogP) is 2.99. The molecule has 1 aliphatic heterocycles. The molecule has 1 amide bonds. The second-order valence-electron chi connectivity index (χ2n) is 7.41. The van der Waals surface area contributed by atoms with Crippen LogP contribution >= 0.6 is 11.6 Å². The van der Waals surface area contributed by atoms with Gasteiger partial charge >= 0.3 is 0 Å². The standard InChI is InChI=1S/C21H26ClN3O4S/c1-15-4-6-17(7-5-15)29-16(2)21(26)23-20-14-18(8-9-19(20)22)30(27,28)25-12-10-24(3)11-13-25/h4-9,14,16H,10-13H2,1-3H3,(H,23,26). The average Bonchev–Trinajstić information content (AvgIpc) is 2.71. The molecule has 0 bridgehead atoms. The first-order chi connectivity index (χ1) is 14.2. The number of aryl methyl sites for hydroxylation is 1. The summed E-state index contributed by atoms with van der Waals surface area (Å²) in [6.07, 6.45) is -0.790. The van der Waals surface area contributed by atoms with Crippen molar-refractivity contribution in [2.45, 2.75) is 24.8 Å². The Kier molecular flexibility index (Phi) is 7.02. The maximum absolute atomic E-state index is 13.0. The number of anilines is 1. The molecule has 0 saturated carbocycles. The maximum Gasteiger partial charge on any atom is 0.265 e. The van der Waals surface area contributed by atoms with Crippen LogP contribution < -0.4 is 10.1 Å². The van der Waals surface area contributed by atoms with Gasteiger partial charge in [-0.1, -0.05) is 29.3 Å². The highest BCUT2D eigenvalue weighted by molar-refractivity contribution is 7.89. The molecule has 1 unspecified atom stereocenters. The minimum atomic E-state index is -3.67. The summed E-state index contributed by atoms with van der Waals surface area (Å²) < 4.78 is 33.1. The van der Waals surface area contributed by atoms with Gasteiger partial charge in [0.1, 0.15) is 5.75 Å². The summed E-state index contributed by atoms with van der Waals surface area (Å²) in [4.78, 5) is 14.7. The van der Waals surface area contributed by atoms with Gasteiger partial charge in [0, 0.05) is 26.2 Å². The Morgan fingerprint density at radius 1 is 1.10 bits per heavy atom. The van der Waals surface area contributed by atoms with Gasteiger partial charge in [-0.3, -0.25) is 4.79 Å². The van der Waals surface area contributed by atoms with Gasteiger partial charge in [-0.25, -0.2) is 8.42 Å². The Bertz CT molecular complexity index is 1000. The van der Waals surface area contributed by atoms with Gasteiger partial charge in [0.25, 0.3) is 5.91 Å². The van der Waals surface area contributed by atoms with E-state index in [0.29, 0.717) is 31.9 Å². The SMILES string of the molecule is Cc1ccc(OC(C)C(=O)Nc2cc(S(=O)(=O)N3CCN(C)CC3)ccc2Cl)cc1. The van der Waals surface area contributed by atoms with Crippen molar-refractivity contribution in [1.82, 2.24) is 9.21 Å². The number of hydrogen-bond acceptors (Lipinski definition) is 5. The van der Waals surface area contributed by atoms with E-state index in [4.69, 9.17) is 16.3 Å². The molecule has 162 valence electrons. The summed E-state index contributed by atoms with van der Waals surface area (Å²) in [6.45, 7) is 5.77. The van der Waals surface area contributed by atoms with Gasteiger partial charge in [0.15, 0.2) is 6.10 Å². The molecule has 2 aromatic rings. The maximum atomic E-state index is 13.0. The molecule has 0 spiro atoms. The van der Waals surface area contributed by atoms with Crippen molar-refractivity contribution in [3.05, 3.63) is 53.1 Å². The normalized spacial score (nSPS) is 16.8. The van der Waals surface area contributed by atoms with Crippen LogP contribution in [0, 0.1) is 6.92 Å². The number of nitrogens with zero attached hydrogens (tertiary/aromatic N) is 2. The van der Waals surface area contributed by atoms with E-state index in [2.05, 4.69) is 10.2 Å². The van der Waals surface area contributed by atoms with Crippen LogP contribution in [0.5, 0.6) is 5.75 Å². The smallest absolute Gasteiger partial charge is 0.265 e. The van der Waals surface area contributed by atoms with Crippen molar-refractivity contribution >= 4 is 33.2 Å². The highest BCUT2D eigenvalue weighted by atomic mass is 35.5. The molecule has 7 nitrogen and oxygen atoms in total. The molecule has 9 heteroatoms. The quantitative estimate of drug-likeness (QED) is 0.730. The largest absolute Gasteiger partial charge is 0.481 e. The lowest BCUT2D eigenvalue weighted by Crippen LogP contribution is -2.47. The van der Waals surface area contributed by atoms with E-state index in [-0.39, 0.29) is 15.6 Å². The summed E-state index contributed by atoms with van der Waals surface area (Å²) in [6, 6.07) is 11.7. The van der Waals surface area contributed by atoms with Crippen LogP contribution in [0.25, 0.3) is 0 Å². The minimum Gasteiger partial charge on any atom is -0.481 e. The Morgan fingerprint density at radius 2 is 1.73 bits per heavy atom. The fourth-order valence-electron chi connectivity index (χ4n) is 3.05. The summed E-state index contributed by atoms with van der Waals surface area (Å²) in [5, 5.41) is 2.93. The first-order valence-corrected chi connectivity index (χ1v) is 11.5. The van der Waals surface area contributed by atoms with Crippen molar-refractivity contribution < 1.29 is 17.9 Å². The van der Waals surface area contributed by atoms with Crippen LogP contribution in [0.15, 0.2) is 47.4 Å². The molecule has 2 aromatic carbocycles. The van der Waals surface area contributed by atoms with E-state index < -0.39 is 22.0 Å². The summed E-state index contributed by atoms with van der Waals surface area (Å²) in [5.41, 5.74) is 1.32. The lowest BCUT2D eigenvalue weighted by Gasteiger charge is -2.31. The zero-order chi connectivity index (χ0) is 21.9. The number of rotatable bonds is 6. The number of hydrogen-bond donors (Lipinski definition) is 1.